The smallest absolute Gasteiger partial charge is 0.114 e. The number of alkyl halides is 2. The standard InChI is InChI=1S/C42H32Cl2Si.Zr/c1-25-27(3)41(43,37-17-9-15-35(39(25)37)33-21-19-29-11-5-7-13-31(29)23-33)45-42(44)28(4)26(2)40-36(16-10-18-38(40)42)34-22-20-30-12-6-8-14-32(30)24-34;/h5-24H,1-4H3;. The second-order valence-corrected chi connectivity index (χ2v) is 16.0. The predicted molar refractivity (Wildman–Crippen MR) is 196 cm³/mol. The Hall–Kier alpha value is -3.00. The molecular weight excluding hydrogens is 695 g/mol. The maximum absolute atomic E-state index is 7.92. The summed E-state index contributed by atoms with van der Waals surface area (Å²) in [5.74, 6) is 0. The van der Waals surface area contributed by atoms with Crippen molar-refractivity contribution in [1.82, 2.24) is 0 Å². The molecular formula is C42H32Cl2SiZr. The molecule has 2 aliphatic rings. The third-order valence-electron chi connectivity index (χ3n) is 10.2. The van der Waals surface area contributed by atoms with Crippen molar-refractivity contribution in [2.75, 3.05) is 0 Å². The van der Waals surface area contributed by atoms with Gasteiger partial charge in [0.15, 0.2) is 0 Å². The number of hydrogen-bond donors (Lipinski definition) is 0. The van der Waals surface area contributed by atoms with E-state index in [1.165, 1.54) is 77.2 Å². The van der Waals surface area contributed by atoms with Gasteiger partial charge < -0.3 is 0 Å². The SMILES string of the molecule is CC1=C(C)C(Cl)([Si]C2(Cl)C(C)=C(C)c3c(-c4ccc5ccccc5c4)cccc32)c2cccc(-c3ccc4ccccc4c3)c21.[Zr]. The maximum atomic E-state index is 7.92. The Kier molecular flexibility index (Phi) is 7.97. The van der Waals surface area contributed by atoms with Gasteiger partial charge in [-0.2, -0.15) is 0 Å². The first kappa shape index (κ1) is 31.6. The summed E-state index contributed by atoms with van der Waals surface area (Å²) in [6.45, 7) is 8.85. The molecule has 0 aromatic heterocycles. The van der Waals surface area contributed by atoms with Gasteiger partial charge in [-0.1, -0.05) is 109 Å². The van der Waals surface area contributed by atoms with Gasteiger partial charge in [0.05, 0.1) is 8.99 Å². The van der Waals surface area contributed by atoms with Gasteiger partial charge in [0.25, 0.3) is 0 Å². The average Bonchev–Trinajstić information content (AvgIpc) is 3.38. The minimum atomic E-state index is -0.712. The van der Waals surface area contributed by atoms with Gasteiger partial charge in [-0.3, -0.25) is 0 Å². The van der Waals surface area contributed by atoms with Crippen molar-refractivity contribution in [2.45, 2.75) is 36.7 Å². The number of benzene rings is 6. The summed E-state index contributed by atoms with van der Waals surface area (Å²) in [6.07, 6.45) is 0. The summed E-state index contributed by atoms with van der Waals surface area (Å²) in [5, 5.41) is 4.97. The van der Waals surface area contributed by atoms with Gasteiger partial charge >= 0.3 is 0 Å². The van der Waals surface area contributed by atoms with E-state index in [9.17, 15) is 0 Å². The van der Waals surface area contributed by atoms with Gasteiger partial charge in [-0.25, -0.2) is 0 Å². The van der Waals surface area contributed by atoms with Crippen LogP contribution >= 0.6 is 23.2 Å². The van der Waals surface area contributed by atoms with Crippen LogP contribution in [-0.2, 0) is 35.2 Å². The van der Waals surface area contributed by atoms with Crippen molar-refractivity contribution in [3.8, 4) is 22.3 Å². The summed E-state index contributed by atoms with van der Waals surface area (Å²) >= 11 is 15.8. The molecule has 4 heteroatoms. The Morgan fingerprint density at radius 2 is 0.848 bits per heavy atom. The molecule has 2 atom stereocenters. The van der Waals surface area contributed by atoms with Crippen LogP contribution in [0, 0.1) is 0 Å². The molecule has 0 saturated carbocycles. The second kappa shape index (κ2) is 11.6. The Bertz CT molecular complexity index is 2120. The molecule has 0 N–H and O–H groups in total. The van der Waals surface area contributed by atoms with Crippen LogP contribution < -0.4 is 0 Å². The monoisotopic (exact) mass is 724 g/mol. The van der Waals surface area contributed by atoms with Crippen LogP contribution in [0.15, 0.2) is 132 Å². The van der Waals surface area contributed by atoms with E-state index in [1.807, 2.05) is 0 Å². The molecule has 0 fully saturated rings. The first-order chi connectivity index (χ1) is 21.7. The van der Waals surface area contributed by atoms with E-state index >= 15 is 0 Å². The van der Waals surface area contributed by atoms with E-state index in [0.717, 1.165) is 11.1 Å². The van der Waals surface area contributed by atoms with E-state index in [4.69, 9.17) is 23.2 Å². The third-order valence-corrected chi connectivity index (χ3v) is 13.8. The Morgan fingerprint density at radius 3 is 1.26 bits per heavy atom. The van der Waals surface area contributed by atoms with Crippen LogP contribution in [0.1, 0.15) is 49.9 Å². The van der Waals surface area contributed by atoms with Crippen LogP contribution in [0.4, 0.5) is 0 Å². The van der Waals surface area contributed by atoms with E-state index in [2.05, 4.69) is 149 Å². The molecule has 46 heavy (non-hydrogen) atoms. The molecule has 0 nitrogen and oxygen atoms in total. The second-order valence-electron chi connectivity index (χ2n) is 12.5. The third kappa shape index (κ3) is 4.63. The zero-order chi connectivity index (χ0) is 31.1. The number of rotatable bonds is 4. The summed E-state index contributed by atoms with van der Waals surface area (Å²) in [4.78, 5) is 0. The summed E-state index contributed by atoms with van der Waals surface area (Å²) in [5.41, 5.74) is 14.5. The fraction of sp³-hybridized carbons (Fsp3) is 0.143. The molecule has 222 valence electrons. The van der Waals surface area contributed by atoms with Crippen LogP contribution in [0.3, 0.4) is 0 Å². The Morgan fingerprint density at radius 1 is 0.457 bits per heavy atom. The molecule has 2 aliphatic carbocycles. The molecule has 6 aromatic carbocycles. The van der Waals surface area contributed by atoms with Crippen molar-refractivity contribution < 1.29 is 26.2 Å². The average molecular weight is 727 g/mol. The fourth-order valence-electron chi connectivity index (χ4n) is 7.54. The Balaban J connectivity index is 0.00000338. The molecule has 0 spiro atoms. The maximum Gasteiger partial charge on any atom is 0.118 e. The minimum absolute atomic E-state index is 0. The van der Waals surface area contributed by atoms with Crippen LogP contribution in [0.25, 0.3) is 54.9 Å². The van der Waals surface area contributed by atoms with Crippen molar-refractivity contribution in [3.05, 3.63) is 155 Å². The number of allylic oxidation sites excluding steroid dienone is 4. The van der Waals surface area contributed by atoms with Gasteiger partial charge in [0, 0.05) is 26.2 Å². The van der Waals surface area contributed by atoms with Gasteiger partial charge in [0.1, 0.15) is 9.52 Å². The predicted octanol–water partition coefficient (Wildman–Crippen LogP) is 12.1. The summed E-state index contributed by atoms with van der Waals surface area (Å²) < 4.78 is -1.42. The van der Waals surface area contributed by atoms with E-state index in [1.54, 1.807) is 0 Å². The van der Waals surface area contributed by atoms with Crippen LogP contribution in [0.2, 0.25) is 0 Å². The van der Waals surface area contributed by atoms with E-state index in [-0.39, 0.29) is 35.7 Å². The topological polar surface area (TPSA) is 0 Å². The van der Waals surface area contributed by atoms with Gasteiger partial charge in [-0.15, -0.1) is 23.2 Å². The molecule has 2 unspecified atom stereocenters. The van der Waals surface area contributed by atoms with E-state index in [0.29, 0.717) is 0 Å². The zero-order valence-corrected chi connectivity index (χ0v) is 31.3. The first-order valence-electron chi connectivity index (χ1n) is 15.5. The van der Waals surface area contributed by atoms with Crippen LogP contribution in [-0.4, -0.2) is 9.52 Å². The van der Waals surface area contributed by atoms with Crippen molar-refractivity contribution in [2.24, 2.45) is 0 Å². The van der Waals surface area contributed by atoms with Crippen molar-refractivity contribution >= 4 is 65.4 Å². The van der Waals surface area contributed by atoms with Gasteiger partial charge in [0.2, 0.25) is 0 Å². The number of fused-ring (bicyclic) bond motifs is 4. The molecule has 0 aliphatic heterocycles. The minimum Gasteiger partial charge on any atom is -0.114 e. The van der Waals surface area contributed by atoms with Crippen LogP contribution in [0.5, 0.6) is 0 Å². The Labute approximate surface area is 303 Å². The van der Waals surface area contributed by atoms with Crippen molar-refractivity contribution in [1.29, 1.82) is 0 Å². The normalized spacial score (nSPS) is 20.3. The molecule has 0 bridgehead atoms. The summed E-state index contributed by atoms with van der Waals surface area (Å²) in [6, 6.07) is 43.8. The fourth-order valence-corrected chi connectivity index (χ4v) is 11.0. The van der Waals surface area contributed by atoms with Crippen molar-refractivity contribution in [3.63, 3.8) is 0 Å². The first-order valence-corrected chi connectivity index (χ1v) is 17.3. The zero-order valence-electron chi connectivity index (χ0n) is 26.3. The molecule has 8 rings (SSSR count). The molecule has 0 heterocycles. The van der Waals surface area contributed by atoms with E-state index < -0.39 is 8.99 Å². The largest absolute Gasteiger partial charge is 0.118 e. The quantitative estimate of drug-likeness (QED) is 0.125. The number of halogens is 2. The molecule has 0 amide bonds. The molecule has 2 radical (unpaired) electrons. The number of hydrogen-bond acceptors (Lipinski definition) is 0. The van der Waals surface area contributed by atoms with Gasteiger partial charge in [-0.05, 0) is 128 Å². The molecule has 6 aromatic rings. The summed E-state index contributed by atoms with van der Waals surface area (Å²) in [7, 11) is 0.204. The molecule has 0 saturated heterocycles.